The van der Waals surface area contributed by atoms with Crippen LogP contribution in [0.2, 0.25) is 0 Å². The van der Waals surface area contributed by atoms with E-state index in [-0.39, 0.29) is 5.91 Å². The largest absolute Gasteiger partial charge is 0.343 e. The monoisotopic (exact) mass is 262 g/mol. The lowest BCUT2D eigenvalue weighted by Gasteiger charge is -2.17. The van der Waals surface area contributed by atoms with E-state index >= 15 is 0 Å². The van der Waals surface area contributed by atoms with E-state index in [1.165, 1.54) is 4.70 Å². The van der Waals surface area contributed by atoms with Crippen molar-refractivity contribution < 1.29 is 4.79 Å². The second kappa shape index (κ2) is 5.96. The average Bonchev–Trinajstić information content (AvgIpc) is 2.80. The number of amides is 1. The van der Waals surface area contributed by atoms with Crippen LogP contribution in [0, 0.1) is 0 Å². The number of para-hydroxylation sites is 1. The topological polar surface area (TPSA) is 33.2 Å². The molecule has 1 amide bonds. The zero-order chi connectivity index (χ0) is 13.0. The van der Waals surface area contributed by atoms with Crippen LogP contribution in [0.1, 0.15) is 25.3 Å². The standard InChI is InChI=1S/C14H18N2OS/c1-3-16(4-2)14(17)10-9-13-15-11-7-5-6-8-12(11)18-13/h5-8H,3-4,9-10H2,1-2H3. The SMILES string of the molecule is CCN(CC)C(=O)CCc1nc2ccccc2s1. The number of fused-ring (bicyclic) bond motifs is 1. The quantitative estimate of drug-likeness (QED) is 0.829. The highest BCUT2D eigenvalue weighted by atomic mass is 32.1. The molecular formula is C14H18N2OS. The van der Waals surface area contributed by atoms with Gasteiger partial charge in [0.25, 0.3) is 0 Å². The number of carbonyl (C=O) groups is 1. The van der Waals surface area contributed by atoms with E-state index in [1.807, 2.05) is 36.9 Å². The van der Waals surface area contributed by atoms with Gasteiger partial charge in [0.2, 0.25) is 5.91 Å². The highest BCUT2D eigenvalue weighted by Gasteiger charge is 2.11. The third kappa shape index (κ3) is 2.88. The lowest BCUT2D eigenvalue weighted by atomic mass is 10.3. The number of thiazole rings is 1. The lowest BCUT2D eigenvalue weighted by molar-refractivity contribution is -0.130. The van der Waals surface area contributed by atoms with E-state index in [1.54, 1.807) is 11.3 Å². The molecule has 4 heteroatoms. The van der Waals surface area contributed by atoms with Crippen LogP contribution < -0.4 is 0 Å². The summed E-state index contributed by atoms with van der Waals surface area (Å²) >= 11 is 1.68. The van der Waals surface area contributed by atoms with Crippen molar-refractivity contribution in [2.24, 2.45) is 0 Å². The molecule has 0 fully saturated rings. The van der Waals surface area contributed by atoms with Crippen molar-refractivity contribution in [3.8, 4) is 0 Å². The molecule has 1 heterocycles. The first-order chi connectivity index (χ1) is 8.74. The van der Waals surface area contributed by atoms with Gasteiger partial charge in [0.15, 0.2) is 0 Å². The van der Waals surface area contributed by atoms with E-state index in [9.17, 15) is 4.79 Å². The Hall–Kier alpha value is -1.42. The van der Waals surface area contributed by atoms with E-state index in [0.717, 1.165) is 30.0 Å². The first-order valence-corrected chi connectivity index (χ1v) is 7.18. The molecule has 18 heavy (non-hydrogen) atoms. The van der Waals surface area contributed by atoms with Crippen LogP contribution >= 0.6 is 11.3 Å². The zero-order valence-corrected chi connectivity index (χ0v) is 11.7. The fourth-order valence-corrected chi connectivity index (χ4v) is 2.94. The van der Waals surface area contributed by atoms with Crippen molar-refractivity contribution in [3.63, 3.8) is 0 Å². The molecule has 0 spiro atoms. The van der Waals surface area contributed by atoms with Crippen LogP contribution in [0.4, 0.5) is 0 Å². The van der Waals surface area contributed by atoms with E-state index in [0.29, 0.717) is 6.42 Å². The molecule has 0 bridgehead atoms. The van der Waals surface area contributed by atoms with Crippen LogP contribution in [0.5, 0.6) is 0 Å². The van der Waals surface area contributed by atoms with Crippen LogP contribution in [0.15, 0.2) is 24.3 Å². The zero-order valence-electron chi connectivity index (χ0n) is 10.8. The van der Waals surface area contributed by atoms with Gasteiger partial charge >= 0.3 is 0 Å². The van der Waals surface area contributed by atoms with Gasteiger partial charge in [0.05, 0.1) is 15.2 Å². The summed E-state index contributed by atoms with van der Waals surface area (Å²) in [6.45, 7) is 5.60. The van der Waals surface area contributed by atoms with E-state index < -0.39 is 0 Å². The Labute approximate surface area is 111 Å². The van der Waals surface area contributed by atoms with Gasteiger partial charge in [-0.15, -0.1) is 11.3 Å². The molecule has 3 nitrogen and oxygen atoms in total. The van der Waals surface area contributed by atoms with Gasteiger partial charge in [-0.05, 0) is 26.0 Å². The normalized spacial score (nSPS) is 10.8. The van der Waals surface area contributed by atoms with Gasteiger partial charge in [0.1, 0.15) is 0 Å². The molecule has 1 aromatic heterocycles. The maximum atomic E-state index is 11.9. The van der Waals surface area contributed by atoms with Gasteiger partial charge in [-0.3, -0.25) is 4.79 Å². The summed E-state index contributed by atoms with van der Waals surface area (Å²) in [5.41, 5.74) is 1.03. The third-order valence-electron chi connectivity index (χ3n) is 3.01. The Bertz CT molecular complexity index is 498. The summed E-state index contributed by atoms with van der Waals surface area (Å²) in [5, 5.41) is 1.05. The molecule has 0 aliphatic carbocycles. The number of hydrogen-bond donors (Lipinski definition) is 0. The van der Waals surface area contributed by atoms with E-state index in [4.69, 9.17) is 0 Å². The van der Waals surface area contributed by atoms with Crippen molar-refractivity contribution in [1.29, 1.82) is 0 Å². The van der Waals surface area contributed by atoms with Crippen molar-refractivity contribution in [1.82, 2.24) is 9.88 Å². The smallest absolute Gasteiger partial charge is 0.222 e. The highest BCUT2D eigenvalue weighted by Crippen LogP contribution is 2.22. The molecule has 1 aromatic carbocycles. The van der Waals surface area contributed by atoms with Crippen molar-refractivity contribution in [2.45, 2.75) is 26.7 Å². The maximum absolute atomic E-state index is 11.9. The Kier molecular flexibility index (Phi) is 4.31. The summed E-state index contributed by atoms with van der Waals surface area (Å²) in [7, 11) is 0. The number of carbonyl (C=O) groups excluding carboxylic acids is 1. The Morgan fingerprint density at radius 2 is 2.00 bits per heavy atom. The minimum atomic E-state index is 0.222. The lowest BCUT2D eigenvalue weighted by Crippen LogP contribution is -2.30. The van der Waals surface area contributed by atoms with Crippen LogP contribution in [-0.4, -0.2) is 28.9 Å². The van der Waals surface area contributed by atoms with Crippen LogP contribution in [0.3, 0.4) is 0 Å². The van der Waals surface area contributed by atoms with Crippen LogP contribution in [-0.2, 0) is 11.2 Å². The van der Waals surface area contributed by atoms with Gasteiger partial charge in [-0.1, -0.05) is 12.1 Å². The molecule has 0 unspecified atom stereocenters. The minimum Gasteiger partial charge on any atom is -0.343 e. The van der Waals surface area contributed by atoms with Crippen LogP contribution in [0.25, 0.3) is 10.2 Å². The Morgan fingerprint density at radius 3 is 2.67 bits per heavy atom. The Morgan fingerprint density at radius 1 is 1.28 bits per heavy atom. The molecule has 2 rings (SSSR count). The summed E-state index contributed by atoms with van der Waals surface area (Å²) in [5.74, 6) is 0.222. The predicted molar refractivity (Wildman–Crippen MR) is 75.9 cm³/mol. The molecule has 0 radical (unpaired) electrons. The number of nitrogens with zero attached hydrogens (tertiary/aromatic N) is 2. The van der Waals surface area contributed by atoms with Gasteiger partial charge in [-0.2, -0.15) is 0 Å². The number of hydrogen-bond acceptors (Lipinski definition) is 3. The van der Waals surface area contributed by atoms with Crippen molar-refractivity contribution in [2.75, 3.05) is 13.1 Å². The Balaban J connectivity index is 1.99. The minimum absolute atomic E-state index is 0.222. The molecule has 0 atom stereocenters. The van der Waals surface area contributed by atoms with Crippen molar-refractivity contribution in [3.05, 3.63) is 29.3 Å². The predicted octanol–water partition coefficient (Wildman–Crippen LogP) is 3.10. The number of aromatic nitrogens is 1. The summed E-state index contributed by atoms with van der Waals surface area (Å²) in [6.07, 6.45) is 1.30. The molecule has 0 aliphatic heterocycles. The molecular weight excluding hydrogens is 244 g/mol. The third-order valence-corrected chi connectivity index (χ3v) is 4.10. The van der Waals surface area contributed by atoms with Crippen molar-refractivity contribution >= 4 is 27.5 Å². The fourth-order valence-electron chi connectivity index (χ4n) is 1.98. The molecule has 0 saturated carbocycles. The summed E-state index contributed by atoms with van der Waals surface area (Å²) in [4.78, 5) is 18.3. The average molecular weight is 262 g/mol. The highest BCUT2D eigenvalue weighted by molar-refractivity contribution is 7.18. The van der Waals surface area contributed by atoms with Gasteiger partial charge in [-0.25, -0.2) is 4.98 Å². The number of rotatable bonds is 5. The summed E-state index contributed by atoms with van der Waals surface area (Å²) in [6, 6.07) is 8.10. The number of aryl methyl sites for hydroxylation is 1. The molecule has 0 saturated heterocycles. The maximum Gasteiger partial charge on any atom is 0.222 e. The molecule has 96 valence electrons. The molecule has 0 aliphatic rings. The van der Waals surface area contributed by atoms with E-state index in [2.05, 4.69) is 11.1 Å². The molecule has 2 aromatic rings. The summed E-state index contributed by atoms with van der Waals surface area (Å²) < 4.78 is 1.20. The first kappa shape index (κ1) is 13.0. The number of benzene rings is 1. The van der Waals surface area contributed by atoms with Gasteiger partial charge in [0, 0.05) is 25.9 Å². The second-order valence-electron chi connectivity index (χ2n) is 4.14. The fraction of sp³-hybridized carbons (Fsp3) is 0.429. The second-order valence-corrected chi connectivity index (χ2v) is 5.26. The first-order valence-electron chi connectivity index (χ1n) is 6.36. The molecule has 0 N–H and O–H groups in total. The van der Waals surface area contributed by atoms with Gasteiger partial charge < -0.3 is 4.90 Å².